The number of likely N-dealkylation sites (tertiary alicyclic amines) is 1. The Morgan fingerprint density at radius 3 is 2.57 bits per heavy atom. The number of halogens is 2. The van der Waals surface area contributed by atoms with Gasteiger partial charge in [-0.1, -0.05) is 35.5 Å². The predicted molar refractivity (Wildman–Crippen MR) is 98.7 cm³/mol. The number of nitrogens with one attached hydrogen (secondary N) is 1. The van der Waals surface area contributed by atoms with E-state index in [4.69, 9.17) is 4.52 Å². The zero-order valence-corrected chi connectivity index (χ0v) is 14.9. The first-order valence-corrected chi connectivity index (χ1v) is 9.00. The van der Waals surface area contributed by atoms with Crippen LogP contribution in [0.2, 0.25) is 0 Å². The van der Waals surface area contributed by atoms with Gasteiger partial charge in [0, 0.05) is 30.6 Å². The van der Waals surface area contributed by atoms with Crippen molar-refractivity contribution in [3.63, 3.8) is 0 Å². The highest BCUT2D eigenvalue weighted by Gasteiger charge is 2.28. The molecule has 4 rings (SSSR count). The highest BCUT2D eigenvalue weighted by molar-refractivity contribution is 5.89. The number of hydrogen-bond acceptors (Lipinski definition) is 4. The molecule has 0 radical (unpaired) electrons. The highest BCUT2D eigenvalue weighted by atomic mass is 19.1. The fourth-order valence-electron chi connectivity index (χ4n) is 3.22. The van der Waals surface area contributed by atoms with Crippen LogP contribution in [0.15, 0.2) is 53.1 Å². The van der Waals surface area contributed by atoms with Crippen molar-refractivity contribution in [2.24, 2.45) is 0 Å². The molecular weight excluding hydrogens is 366 g/mol. The van der Waals surface area contributed by atoms with Crippen molar-refractivity contribution in [2.45, 2.75) is 18.8 Å². The summed E-state index contributed by atoms with van der Waals surface area (Å²) >= 11 is 0. The summed E-state index contributed by atoms with van der Waals surface area (Å²) in [7, 11) is 0. The number of carbonyl (C=O) groups excluding carboxylic acids is 1. The third-order valence-electron chi connectivity index (χ3n) is 4.78. The van der Waals surface area contributed by atoms with Crippen LogP contribution in [0.1, 0.15) is 24.7 Å². The molecule has 1 fully saturated rings. The molecule has 3 aromatic rings. The molecule has 0 aliphatic carbocycles. The van der Waals surface area contributed by atoms with Crippen LogP contribution in [0.25, 0.3) is 11.4 Å². The molecular formula is C20H18F2N4O2. The Kier molecular flexibility index (Phi) is 5.01. The molecule has 1 saturated heterocycles. The van der Waals surface area contributed by atoms with Crippen molar-refractivity contribution < 1.29 is 18.1 Å². The van der Waals surface area contributed by atoms with Crippen molar-refractivity contribution in [1.29, 1.82) is 0 Å². The Morgan fingerprint density at radius 1 is 1.11 bits per heavy atom. The normalized spacial score (nSPS) is 14.9. The van der Waals surface area contributed by atoms with Crippen molar-refractivity contribution in [3.8, 4) is 11.4 Å². The van der Waals surface area contributed by atoms with Crippen molar-refractivity contribution >= 4 is 11.7 Å². The third-order valence-corrected chi connectivity index (χ3v) is 4.78. The number of carbonyl (C=O) groups is 1. The number of piperidine rings is 1. The number of benzene rings is 2. The summed E-state index contributed by atoms with van der Waals surface area (Å²) < 4.78 is 32.1. The number of rotatable bonds is 3. The van der Waals surface area contributed by atoms with Crippen LogP contribution in [0.4, 0.5) is 19.3 Å². The summed E-state index contributed by atoms with van der Waals surface area (Å²) in [5, 5.41) is 6.52. The van der Waals surface area contributed by atoms with Gasteiger partial charge in [0.15, 0.2) is 0 Å². The van der Waals surface area contributed by atoms with Crippen LogP contribution in [-0.4, -0.2) is 34.2 Å². The van der Waals surface area contributed by atoms with Crippen LogP contribution in [-0.2, 0) is 0 Å². The van der Waals surface area contributed by atoms with Crippen LogP contribution in [0, 0.1) is 11.6 Å². The summed E-state index contributed by atoms with van der Waals surface area (Å²) in [6.07, 6.45) is 1.32. The van der Waals surface area contributed by atoms with Gasteiger partial charge in [-0.25, -0.2) is 13.6 Å². The Labute approximate surface area is 160 Å². The summed E-state index contributed by atoms with van der Waals surface area (Å²) in [4.78, 5) is 18.4. The minimum Gasteiger partial charge on any atom is -0.339 e. The Morgan fingerprint density at radius 2 is 1.86 bits per heavy atom. The lowest BCUT2D eigenvalue weighted by atomic mass is 9.97. The molecule has 1 aliphatic heterocycles. The number of nitrogens with zero attached hydrogens (tertiary/aromatic N) is 3. The monoisotopic (exact) mass is 384 g/mol. The number of aromatic nitrogens is 2. The van der Waals surface area contributed by atoms with Gasteiger partial charge < -0.3 is 14.7 Å². The van der Waals surface area contributed by atoms with Gasteiger partial charge in [-0.15, -0.1) is 0 Å². The maximum atomic E-state index is 13.7. The first-order valence-electron chi connectivity index (χ1n) is 9.00. The molecule has 144 valence electrons. The number of urea groups is 1. The van der Waals surface area contributed by atoms with Crippen LogP contribution in [0.5, 0.6) is 0 Å². The molecule has 28 heavy (non-hydrogen) atoms. The van der Waals surface area contributed by atoms with E-state index < -0.39 is 17.7 Å². The molecule has 0 bridgehead atoms. The first-order chi connectivity index (χ1) is 13.6. The van der Waals surface area contributed by atoms with Crippen LogP contribution in [0.3, 0.4) is 0 Å². The SMILES string of the molecule is O=C(Nc1ccc(F)cc1F)N1CCC(c2nc(-c3ccccc3)no2)CC1. The van der Waals surface area contributed by atoms with E-state index in [9.17, 15) is 13.6 Å². The molecule has 2 amide bonds. The molecule has 6 nitrogen and oxygen atoms in total. The van der Waals surface area contributed by atoms with E-state index in [-0.39, 0.29) is 11.6 Å². The van der Waals surface area contributed by atoms with E-state index in [0.29, 0.717) is 37.6 Å². The molecule has 1 N–H and O–H groups in total. The summed E-state index contributed by atoms with van der Waals surface area (Å²) in [6.45, 7) is 0.949. The maximum absolute atomic E-state index is 13.7. The molecule has 0 saturated carbocycles. The van der Waals surface area contributed by atoms with Crippen molar-refractivity contribution in [3.05, 3.63) is 66.1 Å². The standard InChI is InChI=1S/C20H18F2N4O2/c21-15-6-7-17(16(22)12-15)23-20(27)26-10-8-14(9-11-26)19-24-18(25-28-19)13-4-2-1-3-5-13/h1-7,12,14H,8-11H2,(H,23,27). The van der Waals surface area contributed by atoms with Gasteiger partial charge >= 0.3 is 6.03 Å². The van der Waals surface area contributed by atoms with Gasteiger partial charge in [0.05, 0.1) is 5.69 Å². The topological polar surface area (TPSA) is 71.3 Å². The summed E-state index contributed by atoms with van der Waals surface area (Å²) in [5.41, 5.74) is 0.841. The molecule has 0 spiro atoms. The molecule has 8 heteroatoms. The van der Waals surface area contributed by atoms with Crippen molar-refractivity contribution in [2.75, 3.05) is 18.4 Å². The largest absolute Gasteiger partial charge is 0.339 e. The second-order valence-corrected chi connectivity index (χ2v) is 6.64. The minimum atomic E-state index is -0.803. The Balaban J connectivity index is 1.35. The van der Waals surface area contributed by atoms with Crippen LogP contribution >= 0.6 is 0 Å². The maximum Gasteiger partial charge on any atom is 0.321 e. The minimum absolute atomic E-state index is 0.0436. The van der Waals surface area contributed by atoms with Gasteiger partial charge in [-0.3, -0.25) is 0 Å². The van der Waals surface area contributed by atoms with E-state index in [1.165, 1.54) is 6.07 Å². The van der Waals surface area contributed by atoms with Gasteiger partial charge in [0.1, 0.15) is 11.6 Å². The smallest absolute Gasteiger partial charge is 0.321 e. The van der Waals surface area contributed by atoms with E-state index in [1.54, 1.807) is 4.90 Å². The van der Waals surface area contributed by atoms with E-state index in [0.717, 1.165) is 17.7 Å². The molecule has 0 unspecified atom stereocenters. The summed E-state index contributed by atoms with van der Waals surface area (Å²) in [6, 6.07) is 12.2. The van der Waals surface area contributed by atoms with Gasteiger partial charge in [0.25, 0.3) is 0 Å². The lowest BCUT2D eigenvalue weighted by molar-refractivity contribution is 0.187. The number of amides is 2. The Hall–Kier alpha value is -3.29. The van der Waals surface area contributed by atoms with Gasteiger partial charge in [0.2, 0.25) is 11.7 Å². The lowest BCUT2D eigenvalue weighted by Crippen LogP contribution is -2.40. The van der Waals surface area contributed by atoms with E-state index in [1.807, 2.05) is 30.3 Å². The molecule has 1 aliphatic rings. The van der Waals surface area contributed by atoms with E-state index >= 15 is 0 Å². The quantitative estimate of drug-likeness (QED) is 0.725. The zero-order chi connectivity index (χ0) is 19.5. The number of hydrogen-bond donors (Lipinski definition) is 1. The fourth-order valence-corrected chi connectivity index (χ4v) is 3.22. The predicted octanol–water partition coefficient (Wildman–Crippen LogP) is 4.43. The third kappa shape index (κ3) is 3.85. The summed E-state index contributed by atoms with van der Waals surface area (Å²) in [5.74, 6) is -0.323. The lowest BCUT2D eigenvalue weighted by Gasteiger charge is -2.30. The number of anilines is 1. The van der Waals surface area contributed by atoms with Crippen molar-refractivity contribution in [1.82, 2.24) is 15.0 Å². The van der Waals surface area contributed by atoms with Gasteiger partial charge in [-0.05, 0) is 25.0 Å². The first kappa shape index (κ1) is 18.1. The fraction of sp³-hybridized carbons (Fsp3) is 0.250. The van der Waals surface area contributed by atoms with E-state index in [2.05, 4.69) is 15.5 Å². The molecule has 1 aromatic heterocycles. The van der Waals surface area contributed by atoms with Crippen LogP contribution < -0.4 is 5.32 Å². The average molecular weight is 384 g/mol. The van der Waals surface area contributed by atoms with Gasteiger partial charge in [-0.2, -0.15) is 4.98 Å². The molecule has 0 atom stereocenters. The highest BCUT2D eigenvalue weighted by Crippen LogP contribution is 2.29. The Bertz CT molecular complexity index is 969. The second-order valence-electron chi connectivity index (χ2n) is 6.64. The molecule has 2 heterocycles. The average Bonchev–Trinajstić information content (AvgIpc) is 3.21. The molecule has 2 aromatic carbocycles. The zero-order valence-electron chi connectivity index (χ0n) is 14.9. The second kappa shape index (κ2) is 7.75.